The van der Waals surface area contributed by atoms with Crippen LogP contribution in [0.3, 0.4) is 0 Å². The van der Waals surface area contributed by atoms with Crippen molar-refractivity contribution in [3.63, 3.8) is 0 Å². The van der Waals surface area contributed by atoms with Crippen LogP contribution in [0.25, 0.3) is 0 Å². The van der Waals surface area contributed by atoms with E-state index < -0.39 is 23.6 Å². The molecule has 1 aliphatic rings. The monoisotopic (exact) mass is 335 g/mol. The van der Waals surface area contributed by atoms with Crippen molar-refractivity contribution in [2.75, 3.05) is 13.1 Å². The van der Waals surface area contributed by atoms with E-state index in [2.05, 4.69) is 10.3 Å². The van der Waals surface area contributed by atoms with Crippen molar-refractivity contribution in [3.05, 3.63) is 11.8 Å². The summed E-state index contributed by atoms with van der Waals surface area (Å²) in [4.78, 5) is 17.1. The zero-order valence-electron chi connectivity index (χ0n) is 14.1. The van der Waals surface area contributed by atoms with Crippen LogP contribution in [0.15, 0.2) is 16.8 Å². The number of allylic oxidation sites excluding steroid dienone is 2. The van der Waals surface area contributed by atoms with Gasteiger partial charge >= 0.3 is 12.3 Å². The molecule has 23 heavy (non-hydrogen) atoms. The Kier molecular flexibility index (Phi) is 6.07. The van der Waals surface area contributed by atoms with E-state index in [-0.39, 0.29) is 11.9 Å². The summed E-state index contributed by atoms with van der Waals surface area (Å²) in [7, 11) is 0. The van der Waals surface area contributed by atoms with Crippen molar-refractivity contribution in [1.82, 2.24) is 10.2 Å². The minimum Gasteiger partial charge on any atom is -0.444 e. The molecule has 1 heterocycles. The average Bonchev–Trinajstić information content (AvgIpc) is 2.80. The summed E-state index contributed by atoms with van der Waals surface area (Å²) in [5.41, 5.74) is -1.51. The van der Waals surface area contributed by atoms with Gasteiger partial charge in [-0.2, -0.15) is 13.2 Å². The number of amidine groups is 1. The third-order valence-corrected chi connectivity index (χ3v) is 3.21. The van der Waals surface area contributed by atoms with Gasteiger partial charge in [0.25, 0.3) is 0 Å². The Balaban J connectivity index is 2.62. The summed E-state index contributed by atoms with van der Waals surface area (Å²) in [5.74, 6) is 0.281. The van der Waals surface area contributed by atoms with Gasteiger partial charge in [0.1, 0.15) is 17.1 Å². The third kappa shape index (κ3) is 6.50. The highest BCUT2D eigenvalue weighted by Gasteiger charge is 2.34. The van der Waals surface area contributed by atoms with Gasteiger partial charge in [-0.3, -0.25) is 0 Å². The van der Waals surface area contributed by atoms with Crippen LogP contribution >= 0.6 is 0 Å². The molecule has 5 nitrogen and oxygen atoms in total. The molecular weight excluding hydrogens is 311 g/mol. The molecule has 132 valence electrons. The van der Waals surface area contributed by atoms with Gasteiger partial charge in [0.2, 0.25) is 0 Å². The van der Waals surface area contributed by atoms with Crippen molar-refractivity contribution >= 4 is 11.9 Å². The van der Waals surface area contributed by atoms with E-state index in [0.717, 1.165) is 6.08 Å². The minimum absolute atomic E-state index is 0.171. The maximum atomic E-state index is 12.7. The number of ether oxygens (including phenoxy) is 1. The van der Waals surface area contributed by atoms with Gasteiger partial charge < -0.3 is 15.0 Å². The number of halogens is 3. The Bertz CT molecular complexity index is 493. The molecule has 0 bridgehead atoms. The first-order valence-electron chi connectivity index (χ1n) is 7.45. The summed E-state index contributed by atoms with van der Waals surface area (Å²) in [6, 6.07) is -0.171. The number of rotatable bonds is 2. The fourth-order valence-electron chi connectivity index (χ4n) is 2.18. The predicted molar refractivity (Wildman–Crippen MR) is 82.3 cm³/mol. The number of alkyl carbamates (subject to hydrolysis) is 1. The Labute approximate surface area is 134 Å². The standard InChI is InChI=1S/C15H24F3N3O2/c1-6-12(15(16,17)18)19-10(2)21-8-7-11(9-21)20-13(22)23-14(3,4)5/h6,11H,7-9H2,1-5H3,(H,20,22)/b12-6-,19-10+/t11-/m1/s1. The number of hydrogen-bond acceptors (Lipinski definition) is 3. The summed E-state index contributed by atoms with van der Waals surface area (Å²) >= 11 is 0. The summed E-state index contributed by atoms with van der Waals surface area (Å²) in [6.07, 6.45) is -3.42. The molecule has 0 aromatic heterocycles. The van der Waals surface area contributed by atoms with Crippen molar-refractivity contribution in [1.29, 1.82) is 0 Å². The van der Waals surface area contributed by atoms with Gasteiger partial charge in [-0.15, -0.1) is 0 Å². The molecule has 0 spiro atoms. The molecule has 0 aromatic rings. The molecule has 0 aliphatic carbocycles. The first-order chi connectivity index (χ1) is 10.4. The molecule has 1 aliphatic heterocycles. The summed E-state index contributed by atoms with van der Waals surface area (Å²) in [5, 5.41) is 2.72. The molecule has 1 fully saturated rings. The topological polar surface area (TPSA) is 53.9 Å². The van der Waals surface area contributed by atoms with Crippen molar-refractivity contribution in [2.24, 2.45) is 4.99 Å². The van der Waals surface area contributed by atoms with Crippen molar-refractivity contribution < 1.29 is 22.7 Å². The van der Waals surface area contributed by atoms with Gasteiger partial charge in [0.05, 0.1) is 6.04 Å². The van der Waals surface area contributed by atoms with Gasteiger partial charge in [-0.1, -0.05) is 6.08 Å². The molecule has 0 aromatic carbocycles. The number of likely N-dealkylation sites (tertiary alicyclic amines) is 1. The van der Waals surface area contributed by atoms with Crippen LogP contribution in [0.4, 0.5) is 18.0 Å². The van der Waals surface area contributed by atoms with E-state index in [1.165, 1.54) is 13.8 Å². The van der Waals surface area contributed by atoms with E-state index in [4.69, 9.17) is 4.74 Å². The lowest BCUT2D eigenvalue weighted by Gasteiger charge is -2.22. The van der Waals surface area contributed by atoms with Gasteiger partial charge in [0, 0.05) is 13.1 Å². The highest BCUT2D eigenvalue weighted by atomic mass is 19.4. The van der Waals surface area contributed by atoms with E-state index in [1.54, 1.807) is 25.7 Å². The van der Waals surface area contributed by atoms with Crippen LogP contribution in [-0.4, -0.2) is 47.7 Å². The average molecular weight is 335 g/mol. The molecule has 1 amide bonds. The molecule has 1 rings (SSSR count). The number of amides is 1. The SMILES string of the molecule is C/C=C(\N=C(/C)N1CC[C@@H](NC(=O)OC(C)(C)C)C1)C(F)(F)F. The second-order valence-electron chi connectivity index (χ2n) is 6.41. The molecule has 1 N–H and O–H groups in total. The Hall–Kier alpha value is -1.73. The van der Waals surface area contributed by atoms with Crippen LogP contribution in [0.2, 0.25) is 0 Å². The summed E-state index contributed by atoms with van der Waals surface area (Å²) < 4.78 is 43.3. The largest absolute Gasteiger partial charge is 0.444 e. The minimum atomic E-state index is -4.47. The zero-order valence-corrected chi connectivity index (χ0v) is 14.1. The highest BCUT2D eigenvalue weighted by molar-refractivity contribution is 5.81. The van der Waals surface area contributed by atoms with E-state index in [9.17, 15) is 18.0 Å². The Morgan fingerprint density at radius 1 is 1.35 bits per heavy atom. The molecule has 0 saturated carbocycles. The number of alkyl halides is 3. The quantitative estimate of drug-likeness (QED) is 0.621. The van der Waals surface area contributed by atoms with Crippen LogP contribution in [-0.2, 0) is 4.74 Å². The van der Waals surface area contributed by atoms with Crippen LogP contribution in [0.1, 0.15) is 41.0 Å². The smallest absolute Gasteiger partial charge is 0.433 e. The zero-order chi connectivity index (χ0) is 17.8. The molecule has 0 radical (unpaired) electrons. The molecular formula is C15H24F3N3O2. The summed E-state index contributed by atoms with van der Waals surface area (Å²) in [6.45, 7) is 9.07. The normalized spacial score (nSPS) is 20.7. The second kappa shape index (κ2) is 7.23. The third-order valence-electron chi connectivity index (χ3n) is 3.21. The van der Waals surface area contributed by atoms with Gasteiger partial charge in [-0.25, -0.2) is 9.79 Å². The molecule has 1 saturated heterocycles. The van der Waals surface area contributed by atoms with Crippen molar-refractivity contribution in [2.45, 2.75) is 58.9 Å². The lowest BCUT2D eigenvalue weighted by Crippen LogP contribution is -2.41. The van der Waals surface area contributed by atoms with E-state index >= 15 is 0 Å². The second-order valence-corrected chi connectivity index (χ2v) is 6.41. The van der Waals surface area contributed by atoms with Crippen LogP contribution in [0, 0.1) is 0 Å². The fraction of sp³-hybridized carbons (Fsp3) is 0.733. The number of hydrogen-bond donors (Lipinski definition) is 1. The number of aliphatic imine (C=N–C) groups is 1. The number of nitrogens with zero attached hydrogens (tertiary/aromatic N) is 2. The molecule has 0 unspecified atom stereocenters. The Morgan fingerprint density at radius 2 is 1.96 bits per heavy atom. The fourth-order valence-corrected chi connectivity index (χ4v) is 2.18. The van der Waals surface area contributed by atoms with E-state index in [1.807, 2.05) is 0 Å². The first-order valence-corrected chi connectivity index (χ1v) is 7.45. The van der Waals surface area contributed by atoms with Gasteiger partial charge in [-0.05, 0) is 41.0 Å². The lowest BCUT2D eigenvalue weighted by atomic mass is 10.2. The lowest BCUT2D eigenvalue weighted by molar-refractivity contribution is -0.0925. The number of carbonyl (C=O) groups is 1. The van der Waals surface area contributed by atoms with Crippen LogP contribution < -0.4 is 5.32 Å². The molecule has 8 heteroatoms. The van der Waals surface area contributed by atoms with Crippen LogP contribution in [0.5, 0.6) is 0 Å². The Morgan fingerprint density at radius 3 is 2.43 bits per heavy atom. The van der Waals surface area contributed by atoms with Crippen molar-refractivity contribution in [3.8, 4) is 0 Å². The molecule has 1 atom stereocenters. The number of nitrogens with one attached hydrogen (secondary N) is 1. The van der Waals surface area contributed by atoms with Gasteiger partial charge in [0.15, 0.2) is 0 Å². The first kappa shape index (κ1) is 19.3. The van der Waals surface area contributed by atoms with E-state index in [0.29, 0.717) is 19.5 Å². The number of carbonyl (C=O) groups excluding carboxylic acids is 1. The predicted octanol–water partition coefficient (Wildman–Crippen LogP) is 3.47. The highest BCUT2D eigenvalue weighted by Crippen LogP contribution is 2.27. The maximum Gasteiger partial charge on any atom is 0.433 e. The maximum absolute atomic E-state index is 12.7.